The highest BCUT2D eigenvalue weighted by atomic mass is 35.5. The van der Waals surface area contributed by atoms with E-state index >= 15 is 0 Å². The molecule has 114 valence electrons. The molecule has 21 heavy (non-hydrogen) atoms. The van der Waals surface area contributed by atoms with Crippen LogP contribution in [0, 0.1) is 0 Å². The summed E-state index contributed by atoms with van der Waals surface area (Å²) in [5.74, 6) is 1.39. The fourth-order valence-corrected chi connectivity index (χ4v) is 2.23. The molecule has 1 N–H and O–H groups in total. The van der Waals surface area contributed by atoms with Crippen LogP contribution in [0.4, 0.5) is 0 Å². The summed E-state index contributed by atoms with van der Waals surface area (Å²) in [5, 5.41) is 3.92. The summed E-state index contributed by atoms with van der Waals surface area (Å²) < 4.78 is 13.3. The van der Waals surface area contributed by atoms with Gasteiger partial charge in [0.15, 0.2) is 11.5 Å². The lowest BCUT2D eigenvalue weighted by atomic mass is 10.2. The highest BCUT2D eigenvalue weighted by molar-refractivity contribution is 6.30. The van der Waals surface area contributed by atoms with Crippen LogP contribution < -0.4 is 14.8 Å². The third kappa shape index (κ3) is 4.37. The van der Waals surface area contributed by atoms with Crippen molar-refractivity contribution in [2.75, 3.05) is 20.3 Å². The SMILES string of the molecule is CCNCc1cc(Cl)cc(OC)c1OCCn1ccnc1. The Morgan fingerprint density at radius 3 is 2.90 bits per heavy atom. The molecule has 0 saturated heterocycles. The maximum Gasteiger partial charge on any atom is 0.165 e. The van der Waals surface area contributed by atoms with E-state index in [2.05, 4.69) is 17.2 Å². The molecule has 0 bridgehead atoms. The first-order chi connectivity index (χ1) is 10.2. The number of hydrogen-bond donors (Lipinski definition) is 1. The molecule has 1 aromatic carbocycles. The molecule has 0 spiro atoms. The Morgan fingerprint density at radius 1 is 1.38 bits per heavy atom. The van der Waals surface area contributed by atoms with E-state index in [0.29, 0.717) is 23.9 Å². The average Bonchev–Trinajstić information content (AvgIpc) is 2.99. The second-order valence-electron chi connectivity index (χ2n) is 4.53. The Hall–Kier alpha value is -1.72. The summed E-state index contributed by atoms with van der Waals surface area (Å²) in [5.41, 5.74) is 0.992. The zero-order valence-electron chi connectivity index (χ0n) is 12.3. The van der Waals surface area contributed by atoms with Crippen molar-refractivity contribution in [2.45, 2.75) is 20.0 Å². The predicted molar refractivity (Wildman–Crippen MR) is 83.1 cm³/mol. The van der Waals surface area contributed by atoms with Crippen molar-refractivity contribution >= 4 is 11.6 Å². The minimum atomic E-state index is 0.535. The molecule has 0 atom stereocenters. The van der Waals surface area contributed by atoms with Crippen molar-refractivity contribution in [3.8, 4) is 11.5 Å². The van der Waals surface area contributed by atoms with Crippen LogP contribution in [0.5, 0.6) is 11.5 Å². The minimum Gasteiger partial charge on any atom is -0.493 e. The molecule has 0 aliphatic heterocycles. The second-order valence-corrected chi connectivity index (χ2v) is 4.96. The van der Waals surface area contributed by atoms with Crippen LogP contribution in [-0.4, -0.2) is 29.8 Å². The molecule has 1 aromatic heterocycles. The normalized spacial score (nSPS) is 10.6. The van der Waals surface area contributed by atoms with Gasteiger partial charge in [0, 0.05) is 35.6 Å². The summed E-state index contributed by atoms with van der Waals surface area (Å²) in [6.07, 6.45) is 5.42. The first-order valence-corrected chi connectivity index (χ1v) is 7.28. The molecular weight excluding hydrogens is 290 g/mol. The van der Waals surface area contributed by atoms with Gasteiger partial charge in [0.25, 0.3) is 0 Å². The van der Waals surface area contributed by atoms with Gasteiger partial charge in [-0.05, 0) is 12.6 Å². The van der Waals surface area contributed by atoms with Crippen molar-refractivity contribution in [3.05, 3.63) is 41.4 Å². The van der Waals surface area contributed by atoms with E-state index in [1.807, 2.05) is 16.8 Å². The van der Waals surface area contributed by atoms with Gasteiger partial charge in [0.1, 0.15) is 6.61 Å². The number of imidazole rings is 1. The van der Waals surface area contributed by atoms with Crippen LogP contribution >= 0.6 is 11.6 Å². The summed E-state index contributed by atoms with van der Waals surface area (Å²) in [6, 6.07) is 3.67. The topological polar surface area (TPSA) is 48.3 Å². The number of ether oxygens (including phenoxy) is 2. The number of hydrogen-bond acceptors (Lipinski definition) is 4. The van der Waals surface area contributed by atoms with Crippen LogP contribution in [0.15, 0.2) is 30.9 Å². The summed E-state index contributed by atoms with van der Waals surface area (Å²) in [6.45, 7) is 4.89. The van der Waals surface area contributed by atoms with E-state index in [9.17, 15) is 0 Å². The Morgan fingerprint density at radius 2 is 2.24 bits per heavy atom. The Labute approximate surface area is 129 Å². The van der Waals surface area contributed by atoms with Crippen LogP contribution in [-0.2, 0) is 13.1 Å². The van der Waals surface area contributed by atoms with E-state index in [4.69, 9.17) is 21.1 Å². The number of benzene rings is 1. The third-order valence-corrected chi connectivity index (χ3v) is 3.26. The summed E-state index contributed by atoms with van der Waals surface area (Å²) in [7, 11) is 1.62. The molecule has 0 aliphatic rings. The molecular formula is C15H20ClN3O2. The molecule has 1 heterocycles. The van der Waals surface area contributed by atoms with Crippen molar-refractivity contribution in [3.63, 3.8) is 0 Å². The van der Waals surface area contributed by atoms with Gasteiger partial charge in [-0.15, -0.1) is 0 Å². The number of methoxy groups -OCH3 is 1. The fourth-order valence-electron chi connectivity index (χ4n) is 2.00. The van der Waals surface area contributed by atoms with Gasteiger partial charge in [0.05, 0.1) is 20.0 Å². The quantitative estimate of drug-likeness (QED) is 0.814. The van der Waals surface area contributed by atoms with Gasteiger partial charge in [-0.3, -0.25) is 0 Å². The number of aromatic nitrogens is 2. The van der Waals surface area contributed by atoms with Crippen LogP contribution in [0.3, 0.4) is 0 Å². The molecule has 2 rings (SSSR count). The highest BCUT2D eigenvalue weighted by Gasteiger charge is 2.12. The lowest BCUT2D eigenvalue weighted by Crippen LogP contribution is -2.14. The van der Waals surface area contributed by atoms with Crippen LogP contribution in [0.25, 0.3) is 0 Å². The summed E-state index contributed by atoms with van der Waals surface area (Å²) in [4.78, 5) is 4.01. The number of halogens is 1. The molecule has 0 amide bonds. The average molecular weight is 310 g/mol. The Kier molecular flexibility index (Phi) is 5.90. The predicted octanol–water partition coefficient (Wildman–Crippen LogP) is 2.73. The zero-order chi connectivity index (χ0) is 15.1. The number of rotatable bonds is 8. The largest absolute Gasteiger partial charge is 0.493 e. The molecule has 2 aromatic rings. The van der Waals surface area contributed by atoms with Crippen molar-refractivity contribution < 1.29 is 9.47 Å². The molecule has 0 fully saturated rings. The minimum absolute atomic E-state index is 0.535. The van der Waals surface area contributed by atoms with E-state index in [-0.39, 0.29) is 0 Å². The second kappa shape index (κ2) is 7.90. The fraction of sp³-hybridized carbons (Fsp3) is 0.400. The third-order valence-electron chi connectivity index (χ3n) is 3.04. The molecule has 0 saturated carbocycles. The van der Waals surface area contributed by atoms with Crippen LogP contribution in [0.2, 0.25) is 5.02 Å². The van der Waals surface area contributed by atoms with Crippen molar-refractivity contribution in [1.29, 1.82) is 0 Å². The van der Waals surface area contributed by atoms with E-state index < -0.39 is 0 Å². The highest BCUT2D eigenvalue weighted by Crippen LogP contribution is 2.34. The molecule has 0 unspecified atom stereocenters. The zero-order valence-corrected chi connectivity index (χ0v) is 13.1. The van der Waals surface area contributed by atoms with Gasteiger partial charge in [-0.2, -0.15) is 0 Å². The maximum absolute atomic E-state index is 6.12. The van der Waals surface area contributed by atoms with Crippen LogP contribution in [0.1, 0.15) is 12.5 Å². The van der Waals surface area contributed by atoms with E-state index in [1.54, 1.807) is 25.7 Å². The lowest BCUT2D eigenvalue weighted by Gasteiger charge is -2.16. The number of nitrogens with zero attached hydrogens (tertiary/aromatic N) is 2. The Bertz CT molecular complexity index is 558. The van der Waals surface area contributed by atoms with Crippen molar-refractivity contribution in [2.24, 2.45) is 0 Å². The molecule has 6 heteroatoms. The van der Waals surface area contributed by atoms with Crippen molar-refractivity contribution in [1.82, 2.24) is 14.9 Å². The van der Waals surface area contributed by atoms with Gasteiger partial charge >= 0.3 is 0 Å². The van der Waals surface area contributed by atoms with E-state index in [0.717, 1.165) is 24.4 Å². The lowest BCUT2D eigenvalue weighted by molar-refractivity contribution is 0.276. The van der Waals surface area contributed by atoms with E-state index in [1.165, 1.54) is 0 Å². The van der Waals surface area contributed by atoms with Gasteiger partial charge in [0.2, 0.25) is 0 Å². The number of nitrogens with one attached hydrogen (secondary N) is 1. The Balaban J connectivity index is 2.10. The first kappa shape index (κ1) is 15.7. The molecule has 0 radical (unpaired) electrons. The molecule has 5 nitrogen and oxygen atoms in total. The molecule has 0 aliphatic carbocycles. The first-order valence-electron chi connectivity index (χ1n) is 6.90. The van der Waals surface area contributed by atoms with Gasteiger partial charge in [-0.1, -0.05) is 18.5 Å². The standard InChI is InChI=1S/C15H20ClN3O2/c1-3-17-10-12-8-13(16)9-14(20-2)15(12)21-7-6-19-5-4-18-11-19/h4-5,8-9,11,17H,3,6-7,10H2,1-2H3. The smallest absolute Gasteiger partial charge is 0.165 e. The summed E-state index contributed by atoms with van der Waals surface area (Å²) >= 11 is 6.12. The van der Waals surface area contributed by atoms with Gasteiger partial charge < -0.3 is 19.4 Å². The monoisotopic (exact) mass is 309 g/mol. The maximum atomic E-state index is 6.12. The van der Waals surface area contributed by atoms with Gasteiger partial charge in [-0.25, -0.2) is 4.98 Å².